The van der Waals surface area contributed by atoms with Crippen LogP contribution in [0.2, 0.25) is 6.04 Å². The summed E-state index contributed by atoms with van der Waals surface area (Å²) >= 11 is 0. The molecule has 2 rings (SSSR count). The lowest BCUT2D eigenvalue weighted by molar-refractivity contribution is -0.125. The quantitative estimate of drug-likeness (QED) is 0.580. The number of rotatable bonds is 1. The molecular formula is C9H19NO2Si2. The molecule has 0 atom stereocenters. The summed E-state index contributed by atoms with van der Waals surface area (Å²) in [5.41, 5.74) is 0. The van der Waals surface area contributed by atoms with Crippen LogP contribution < -0.4 is 0 Å². The molecule has 2 aliphatic rings. The van der Waals surface area contributed by atoms with E-state index in [2.05, 4.69) is 6.58 Å². The molecule has 0 spiro atoms. The number of likely N-dealkylation sites (tertiary alicyclic amines) is 1. The number of carbonyl (C=O) groups excluding carboxylic acids is 1. The van der Waals surface area contributed by atoms with E-state index in [-0.39, 0.29) is 15.2 Å². The lowest BCUT2D eigenvalue weighted by atomic mass is 10.4. The van der Waals surface area contributed by atoms with Crippen molar-refractivity contribution in [2.45, 2.75) is 25.3 Å². The van der Waals surface area contributed by atoms with E-state index in [4.69, 9.17) is 4.43 Å². The van der Waals surface area contributed by atoms with Crippen LogP contribution in [0.4, 0.5) is 0 Å². The molecule has 14 heavy (non-hydrogen) atoms. The summed E-state index contributed by atoms with van der Waals surface area (Å²) in [6.07, 6.45) is 4.66. The van der Waals surface area contributed by atoms with Crippen molar-refractivity contribution in [3.05, 3.63) is 12.8 Å². The monoisotopic (exact) mass is 229 g/mol. The van der Waals surface area contributed by atoms with E-state index < -0.39 is 0 Å². The third kappa shape index (κ3) is 4.21. The fraction of sp³-hybridized carbons (Fsp3) is 0.667. The van der Waals surface area contributed by atoms with Gasteiger partial charge in [-0.2, -0.15) is 0 Å². The number of carbonyl (C=O) groups is 1. The Morgan fingerprint density at radius 1 is 1.50 bits per heavy atom. The van der Waals surface area contributed by atoms with E-state index in [1.807, 2.05) is 0 Å². The maximum atomic E-state index is 10.7. The molecule has 2 heterocycles. The third-order valence-electron chi connectivity index (χ3n) is 2.41. The van der Waals surface area contributed by atoms with Gasteiger partial charge in [0.1, 0.15) is 9.28 Å². The zero-order chi connectivity index (χ0) is 10.2. The Bertz CT molecular complexity index is 184. The normalized spacial score (nSPS) is 24.9. The van der Waals surface area contributed by atoms with Crippen LogP contribution >= 0.6 is 0 Å². The summed E-state index contributed by atoms with van der Waals surface area (Å²) in [6.45, 7) is 5.46. The lowest BCUT2D eigenvalue weighted by Gasteiger charge is -2.07. The summed E-state index contributed by atoms with van der Waals surface area (Å²) in [5.74, 6) is 0.208. The largest absolute Gasteiger partial charge is 0.428 e. The number of amides is 1. The van der Waals surface area contributed by atoms with E-state index in [0.717, 1.165) is 19.6 Å². The second-order valence-electron chi connectivity index (χ2n) is 3.55. The molecule has 0 bridgehead atoms. The molecule has 0 N–H and O–H groups in total. The first-order valence-corrected chi connectivity index (χ1v) is 10.9. The molecule has 3 nitrogen and oxygen atoms in total. The second-order valence-corrected chi connectivity index (χ2v) is 9.12. The van der Waals surface area contributed by atoms with Crippen LogP contribution in [0, 0.1) is 0 Å². The standard InChI is InChI=1S/C6H9NO.C3H10OSi2/c1-2-7-5-3-4-6(7)8;1-2-4-6-5-3-1/h2H,1,3-5H2;1-3,5-6H2. The van der Waals surface area contributed by atoms with Gasteiger partial charge in [-0.1, -0.05) is 12.6 Å². The van der Waals surface area contributed by atoms with Crippen molar-refractivity contribution in [3.8, 4) is 0 Å². The van der Waals surface area contributed by atoms with Gasteiger partial charge >= 0.3 is 0 Å². The van der Waals surface area contributed by atoms with Crippen molar-refractivity contribution in [1.82, 2.24) is 4.90 Å². The van der Waals surface area contributed by atoms with Crippen molar-refractivity contribution in [1.29, 1.82) is 0 Å². The Labute approximate surface area is 90.1 Å². The Morgan fingerprint density at radius 3 is 2.57 bits per heavy atom. The van der Waals surface area contributed by atoms with E-state index >= 15 is 0 Å². The maximum absolute atomic E-state index is 10.7. The van der Waals surface area contributed by atoms with Crippen molar-refractivity contribution >= 4 is 24.2 Å². The van der Waals surface area contributed by atoms with Crippen LogP contribution in [0.1, 0.15) is 19.3 Å². The van der Waals surface area contributed by atoms with Crippen molar-refractivity contribution in [2.24, 2.45) is 0 Å². The molecule has 0 aromatic heterocycles. The molecule has 0 aromatic carbocycles. The summed E-state index contributed by atoms with van der Waals surface area (Å²) in [5, 5.41) is 0. The third-order valence-corrected chi connectivity index (χ3v) is 7.51. The average molecular weight is 229 g/mol. The van der Waals surface area contributed by atoms with Crippen molar-refractivity contribution in [3.63, 3.8) is 0 Å². The van der Waals surface area contributed by atoms with Gasteiger partial charge in [0.05, 0.1) is 0 Å². The highest BCUT2D eigenvalue weighted by Gasteiger charge is 2.15. The zero-order valence-electron chi connectivity index (χ0n) is 8.71. The van der Waals surface area contributed by atoms with Crippen LogP contribution in [0.5, 0.6) is 0 Å². The minimum Gasteiger partial charge on any atom is -0.428 e. The Hall–Kier alpha value is -0.396. The van der Waals surface area contributed by atoms with Gasteiger partial charge < -0.3 is 9.33 Å². The SMILES string of the molecule is C1CO[SiH2][SiH2]C1.C=CN1CCCC1=O. The lowest BCUT2D eigenvalue weighted by Crippen LogP contribution is -2.16. The molecule has 2 fully saturated rings. The molecule has 5 heteroatoms. The molecule has 1 amide bonds. The van der Waals surface area contributed by atoms with Gasteiger partial charge in [0, 0.05) is 28.6 Å². The highest BCUT2D eigenvalue weighted by atomic mass is 29.2. The Kier molecular flexibility index (Phi) is 5.81. The minimum atomic E-state index is 0.147. The highest BCUT2D eigenvalue weighted by Crippen LogP contribution is 2.08. The fourth-order valence-electron chi connectivity index (χ4n) is 1.55. The molecule has 0 aromatic rings. The molecule has 0 saturated carbocycles. The van der Waals surface area contributed by atoms with E-state index in [1.54, 1.807) is 17.1 Å². The smallest absolute Gasteiger partial charge is 0.226 e. The summed E-state index contributed by atoms with van der Waals surface area (Å²) in [6, 6.07) is 1.58. The number of nitrogens with zero attached hydrogens (tertiary/aromatic N) is 1. The molecule has 0 aliphatic carbocycles. The average Bonchev–Trinajstić information content (AvgIpc) is 2.67. The summed E-state index contributed by atoms with van der Waals surface area (Å²) < 4.78 is 5.27. The molecule has 2 saturated heterocycles. The number of hydrogen-bond acceptors (Lipinski definition) is 2. The molecule has 0 unspecified atom stereocenters. The van der Waals surface area contributed by atoms with Crippen LogP contribution in [0.3, 0.4) is 0 Å². The van der Waals surface area contributed by atoms with Crippen LogP contribution in [0.25, 0.3) is 0 Å². The van der Waals surface area contributed by atoms with Crippen molar-refractivity contribution in [2.75, 3.05) is 13.2 Å². The Morgan fingerprint density at radius 2 is 2.36 bits per heavy atom. The van der Waals surface area contributed by atoms with Crippen LogP contribution in [-0.4, -0.2) is 42.3 Å². The van der Waals surface area contributed by atoms with E-state index in [1.165, 1.54) is 6.42 Å². The van der Waals surface area contributed by atoms with Gasteiger partial charge in [0.2, 0.25) is 5.91 Å². The first kappa shape index (κ1) is 11.7. The number of hydrogen-bond donors (Lipinski definition) is 0. The summed E-state index contributed by atoms with van der Waals surface area (Å²) in [7, 11) is 0.573. The topological polar surface area (TPSA) is 29.5 Å². The molecule has 80 valence electrons. The first-order chi connectivity index (χ1) is 6.84. The van der Waals surface area contributed by atoms with E-state index in [9.17, 15) is 4.79 Å². The van der Waals surface area contributed by atoms with Crippen LogP contribution in [0.15, 0.2) is 12.8 Å². The minimum absolute atomic E-state index is 0.147. The van der Waals surface area contributed by atoms with Gasteiger partial charge in [-0.3, -0.25) is 4.79 Å². The van der Waals surface area contributed by atoms with E-state index in [0.29, 0.717) is 15.5 Å². The molecule has 0 radical (unpaired) electrons. The van der Waals surface area contributed by atoms with Gasteiger partial charge in [0.15, 0.2) is 0 Å². The Balaban J connectivity index is 0.000000146. The summed E-state index contributed by atoms with van der Waals surface area (Å²) in [4.78, 5) is 12.3. The fourth-order valence-corrected chi connectivity index (χ4v) is 5.82. The van der Waals surface area contributed by atoms with Crippen molar-refractivity contribution < 1.29 is 9.22 Å². The molecular weight excluding hydrogens is 210 g/mol. The van der Waals surface area contributed by atoms with Crippen LogP contribution in [-0.2, 0) is 9.22 Å². The van der Waals surface area contributed by atoms with Gasteiger partial charge in [-0.25, -0.2) is 0 Å². The van der Waals surface area contributed by atoms with Gasteiger partial charge in [-0.15, -0.1) is 0 Å². The second kappa shape index (κ2) is 6.97. The van der Waals surface area contributed by atoms with Gasteiger partial charge in [0.25, 0.3) is 0 Å². The zero-order valence-corrected chi connectivity index (χ0v) is 11.5. The first-order valence-electron chi connectivity index (χ1n) is 5.34. The predicted octanol–water partition coefficient (Wildman–Crippen LogP) is -0.255. The molecule has 2 aliphatic heterocycles. The highest BCUT2D eigenvalue weighted by molar-refractivity contribution is 6.97. The maximum Gasteiger partial charge on any atom is 0.226 e. The van der Waals surface area contributed by atoms with Gasteiger partial charge in [-0.05, 0) is 19.0 Å². The predicted molar refractivity (Wildman–Crippen MR) is 63.6 cm³/mol.